The van der Waals surface area contributed by atoms with E-state index in [9.17, 15) is 4.79 Å². The number of halogens is 1. The molecular weight excluding hydrogens is 300 g/mol. The molecule has 5 nitrogen and oxygen atoms in total. The number of nitrogens with zero attached hydrogens (tertiary/aromatic N) is 2. The summed E-state index contributed by atoms with van der Waals surface area (Å²) in [6.45, 7) is 4.47. The van der Waals surface area contributed by atoms with Crippen LogP contribution in [0, 0.1) is 6.92 Å². The molecule has 0 fully saturated rings. The van der Waals surface area contributed by atoms with E-state index in [-0.39, 0.29) is 5.56 Å². The van der Waals surface area contributed by atoms with Crippen molar-refractivity contribution in [2.45, 2.75) is 26.4 Å². The Morgan fingerprint density at radius 1 is 1.36 bits per heavy atom. The van der Waals surface area contributed by atoms with Crippen LogP contribution in [0.1, 0.15) is 29.8 Å². The van der Waals surface area contributed by atoms with Gasteiger partial charge in [-0.1, -0.05) is 23.7 Å². The van der Waals surface area contributed by atoms with E-state index < -0.39 is 6.04 Å². The first kappa shape index (κ1) is 14.7. The number of hydrogen-bond acceptors (Lipinski definition) is 4. The Bertz CT molecular complexity index is 808. The maximum absolute atomic E-state index is 12.8. The van der Waals surface area contributed by atoms with Gasteiger partial charge < -0.3 is 15.6 Å². The molecule has 1 aromatic carbocycles. The molecule has 3 rings (SSSR count). The van der Waals surface area contributed by atoms with Crippen molar-refractivity contribution in [3.8, 4) is 0 Å². The van der Waals surface area contributed by atoms with E-state index in [1.54, 1.807) is 16.7 Å². The normalized spacial score (nSPS) is 16.7. The number of aromatic nitrogens is 1. The molecular formula is C16H17ClN4O. The van der Waals surface area contributed by atoms with Crippen molar-refractivity contribution in [1.29, 1.82) is 0 Å². The molecule has 114 valence electrons. The van der Waals surface area contributed by atoms with Gasteiger partial charge in [-0.25, -0.2) is 4.99 Å². The Morgan fingerprint density at radius 3 is 2.68 bits per heavy atom. The maximum atomic E-state index is 12.8. The smallest absolute Gasteiger partial charge is 0.258 e. The standard InChI is InChI=1S/C16H17ClN4O/c1-3-21-9(2)8-12-13(15(21)22)14(20-16(18)19-12)10-4-6-11(17)7-5-10/h4-8,14H,3H2,1-2H3,(H3,18,19,20). The summed E-state index contributed by atoms with van der Waals surface area (Å²) in [5.74, 6) is 0.306. The highest BCUT2D eigenvalue weighted by Gasteiger charge is 2.26. The van der Waals surface area contributed by atoms with Gasteiger partial charge >= 0.3 is 0 Å². The van der Waals surface area contributed by atoms with Crippen molar-refractivity contribution in [2.24, 2.45) is 10.7 Å². The number of pyridine rings is 1. The Labute approximate surface area is 133 Å². The third kappa shape index (κ3) is 2.37. The van der Waals surface area contributed by atoms with Crippen molar-refractivity contribution in [3.63, 3.8) is 0 Å². The highest BCUT2D eigenvalue weighted by Crippen LogP contribution is 2.33. The second-order valence-electron chi connectivity index (χ2n) is 5.26. The van der Waals surface area contributed by atoms with Crippen LogP contribution < -0.4 is 16.6 Å². The molecule has 22 heavy (non-hydrogen) atoms. The number of fused-ring (bicyclic) bond motifs is 1. The lowest BCUT2D eigenvalue weighted by molar-refractivity contribution is 0.678. The SMILES string of the molecule is CCn1c(C)cc2c(c1=O)C(c1ccc(Cl)cc1)N=C(N)N2. The Balaban J connectivity index is 2.23. The highest BCUT2D eigenvalue weighted by molar-refractivity contribution is 6.30. The fourth-order valence-corrected chi connectivity index (χ4v) is 2.93. The molecule has 1 unspecified atom stereocenters. The predicted molar refractivity (Wildman–Crippen MR) is 89.7 cm³/mol. The Kier molecular flexibility index (Phi) is 3.66. The maximum Gasteiger partial charge on any atom is 0.258 e. The molecule has 0 aliphatic carbocycles. The average molecular weight is 317 g/mol. The van der Waals surface area contributed by atoms with Crippen LogP contribution in [0.3, 0.4) is 0 Å². The number of hydrogen-bond donors (Lipinski definition) is 2. The number of nitrogens with two attached hydrogens (primary N) is 1. The number of nitrogens with one attached hydrogen (secondary N) is 1. The summed E-state index contributed by atoms with van der Waals surface area (Å²) in [5.41, 5.74) is 8.96. The topological polar surface area (TPSA) is 72.4 Å². The van der Waals surface area contributed by atoms with Crippen LogP contribution in [0.4, 0.5) is 5.69 Å². The molecule has 3 N–H and O–H groups in total. The molecule has 1 aromatic heterocycles. The fraction of sp³-hybridized carbons (Fsp3) is 0.250. The number of rotatable bonds is 2. The molecule has 0 saturated carbocycles. The Hall–Kier alpha value is -2.27. The minimum Gasteiger partial charge on any atom is -0.370 e. The van der Waals surface area contributed by atoms with Gasteiger partial charge in [-0.2, -0.15) is 0 Å². The van der Waals surface area contributed by atoms with Gasteiger partial charge in [-0.05, 0) is 37.6 Å². The lowest BCUT2D eigenvalue weighted by Crippen LogP contribution is -2.35. The number of aryl methyl sites for hydroxylation is 1. The first-order chi connectivity index (χ1) is 10.5. The molecule has 2 heterocycles. The summed E-state index contributed by atoms with van der Waals surface area (Å²) in [6, 6.07) is 8.83. The molecule has 6 heteroatoms. The summed E-state index contributed by atoms with van der Waals surface area (Å²) < 4.78 is 1.74. The van der Waals surface area contributed by atoms with E-state index in [4.69, 9.17) is 17.3 Å². The van der Waals surface area contributed by atoms with Crippen molar-refractivity contribution in [1.82, 2.24) is 4.57 Å². The van der Waals surface area contributed by atoms with E-state index in [1.807, 2.05) is 32.0 Å². The number of aliphatic imine (C=N–C) groups is 1. The van der Waals surface area contributed by atoms with Crippen LogP contribution in [0.25, 0.3) is 0 Å². The van der Waals surface area contributed by atoms with Crippen LogP contribution >= 0.6 is 11.6 Å². The third-order valence-electron chi connectivity index (χ3n) is 3.85. The lowest BCUT2D eigenvalue weighted by atomic mass is 9.97. The highest BCUT2D eigenvalue weighted by atomic mass is 35.5. The molecule has 1 aliphatic heterocycles. The van der Waals surface area contributed by atoms with Crippen molar-refractivity contribution in [3.05, 3.63) is 62.5 Å². The summed E-state index contributed by atoms with van der Waals surface area (Å²) >= 11 is 5.94. The zero-order chi connectivity index (χ0) is 15.9. The zero-order valence-electron chi connectivity index (χ0n) is 12.4. The van der Waals surface area contributed by atoms with Crippen LogP contribution in [-0.2, 0) is 6.54 Å². The zero-order valence-corrected chi connectivity index (χ0v) is 13.2. The van der Waals surface area contributed by atoms with E-state index in [2.05, 4.69) is 10.3 Å². The van der Waals surface area contributed by atoms with Gasteiger partial charge in [0.1, 0.15) is 6.04 Å². The van der Waals surface area contributed by atoms with Crippen LogP contribution in [0.2, 0.25) is 5.02 Å². The third-order valence-corrected chi connectivity index (χ3v) is 4.10. The predicted octanol–water partition coefficient (Wildman–Crippen LogP) is 2.66. The van der Waals surface area contributed by atoms with Gasteiger partial charge in [0.2, 0.25) is 0 Å². The summed E-state index contributed by atoms with van der Waals surface area (Å²) in [7, 11) is 0. The second kappa shape index (κ2) is 5.50. The first-order valence-corrected chi connectivity index (χ1v) is 7.49. The molecule has 1 aliphatic rings. The summed E-state index contributed by atoms with van der Waals surface area (Å²) in [6.07, 6.45) is 0. The fourth-order valence-electron chi connectivity index (χ4n) is 2.81. The van der Waals surface area contributed by atoms with Crippen molar-refractivity contribution < 1.29 is 0 Å². The molecule has 0 amide bonds. The van der Waals surface area contributed by atoms with Crippen LogP contribution in [0.5, 0.6) is 0 Å². The van der Waals surface area contributed by atoms with Crippen LogP contribution in [-0.4, -0.2) is 10.5 Å². The van der Waals surface area contributed by atoms with Gasteiger partial charge in [0.25, 0.3) is 5.56 Å². The summed E-state index contributed by atoms with van der Waals surface area (Å²) in [5, 5.41) is 3.64. The van der Waals surface area contributed by atoms with Crippen molar-refractivity contribution in [2.75, 3.05) is 5.32 Å². The first-order valence-electron chi connectivity index (χ1n) is 7.11. The quantitative estimate of drug-likeness (QED) is 0.894. The molecule has 1 atom stereocenters. The van der Waals surface area contributed by atoms with Gasteiger partial charge in [0.05, 0.1) is 11.3 Å². The number of guanidine groups is 1. The lowest BCUT2D eigenvalue weighted by Gasteiger charge is -2.25. The summed E-state index contributed by atoms with van der Waals surface area (Å²) in [4.78, 5) is 17.2. The van der Waals surface area contributed by atoms with Crippen LogP contribution in [0.15, 0.2) is 40.1 Å². The largest absolute Gasteiger partial charge is 0.370 e. The number of anilines is 1. The van der Waals surface area contributed by atoms with Gasteiger partial charge in [0.15, 0.2) is 5.96 Å². The van der Waals surface area contributed by atoms with E-state index in [0.717, 1.165) is 16.9 Å². The Morgan fingerprint density at radius 2 is 2.05 bits per heavy atom. The molecule has 0 saturated heterocycles. The second-order valence-corrected chi connectivity index (χ2v) is 5.69. The molecule has 0 spiro atoms. The molecule has 2 aromatic rings. The van der Waals surface area contributed by atoms with Gasteiger partial charge in [-0.15, -0.1) is 0 Å². The van der Waals surface area contributed by atoms with Crippen molar-refractivity contribution >= 4 is 23.2 Å². The molecule has 0 radical (unpaired) electrons. The van der Waals surface area contributed by atoms with E-state index in [1.165, 1.54) is 0 Å². The minimum atomic E-state index is -0.417. The van der Waals surface area contributed by atoms with Gasteiger partial charge in [0, 0.05) is 17.3 Å². The minimum absolute atomic E-state index is 0.0406. The van der Waals surface area contributed by atoms with E-state index >= 15 is 0 Å². The monoisotopic (exact) mass is 316 g/mol. The molecule has 0 bridgehead atoms. The van der Waals surface area contributed by atoms with E-state index in [0.29, 0.717) is 23.1 Å². The average Bonchev–Trinajstić information content (AvgIpc) is 2.47. The number of benzene rings is 1. The van der Waals surface area contributed by atoms with Gasteiger partial charge in [-0.3, -0.25) is 4.79 Å².